The molecule has 0 N–H and O–H groups in total. The SMILES string of the molecule is CCOC(=O)C(=O)c1cc2cc(C(F)(F)F)ccc2s1. The molecule has 20 heavy (non-hydrogen) atoms. The molecule has 0 unspecified atom stereocenters. The second kappa shape index (κ2) is 5.24. The quantitative estimate of drug-likeness (QED) is 0.493. The molecule has 1 aromatic carbocycles. The zero-order chi connectivity index (χ0) is 14.9. The van der Waals surface area contributed by atoms with Gasteiger partial charge in [0.05, 0.1) is 17.0 Å². The lowest BCUT2D eigenvalue weighted by Gasteiger charge is -2.05. The van der Waals surface area contributed by atoms with Gasteiger partial charge in [-0.2, -0.15) is 13.2 Å². The van der Waals surface area contributed by atoms with Crippen LogP contribution in [0.3, 0.4) is 0 Å². The van der Waals surface area contributed by atoms with Crippen LogP contribution in [0.4, 0.5) is 13.2 Å². The van der Waals surface area contributed by atoms with Crippen LogP contribution >= 0.6 is 11.3 Å². The third-order valence-electron chi connectivity index (χ3n) is 2.53. The summed E-state index contributed by atoms with van der Waals surface area (Å²) < 4.78 is 42.8. The average molecular weight is 302 g/mol. The van der Waals surface area contributed by atoms with Crippen molar-refractivity contribution in [3.63, 3.8) is 0 Å². The van der Waals surface area contributed by atoms with Crippen LogP contribution < -0.4 is 0 Å². The topological polar surface area (TPSA) is 43.4 Å². The lowest BCUT2D eigenvalue weighted by Crippen LogP contribution is -2.16. The summed E-state index contributed by atoms with van der Waals surface area (Å²) in [6, 6.07) is 4.45. The second-order valence-electron chi connectivity index (χ2n) is 3.91. The van der Waals surface area contributed by atoms with Gasteiger partial charge < -0.3 is 4.74 Å². The number of Topliss-reactive ketones (excluding diaryl/α,β-unsaturated/α-hetero) is 1. The Morgan fingerprint density at radius 1 is 1.25 bits per heavy atom. The Labute approximate surface area is 116 Å². The van der Waals surface area contributed by atoms with Gasteiger partial charge in [-0.3, -0.25) is 4.79 Å². The fourth-order valence-electron chi connectivity index (χ4n) is 1.63. The van der Waals surface area contributed by atoms with E-state index in [0.29, 0.717) is 4.70 Å². The van der Waals surface area contributed by atoms with Gasteiger partial charge in [0.15, 0.2) is 0 Å². The van der Waals surface area contributed by atoms with Gasteiger partial charge in [0.2, 0.25) is 0 Å². The van der Waals surface area contributed by atoms with Crippen molar-refractivity contribution in [3.8, 4) is 0 Å². The van der Waals surface area contributed by atoms with E-state index in [1.807, 2.05) is 0 Å². The van der Waals surface area contributed by atoms with Crippen LogP contribution in [0.5, 0.6) is 0 Å². The van der Waals surface area contributed by atoms with Crippen molar-refractivity contribution in [1.82, 2.24) is 0 Å². The van der Waals surface area contributed by atoms with Crippen LogP contribution in [-0.2, 0) is 15.7 Å². The largest absolute Gasteiger partial charge is 0.460 e. The molecule has 0 bridgehead atoms. The first-order chi connectivity index (χ1) is 9.32. The highest BCUT2D eigenvalue weighted by Crippen LogP contribution is 2.34. The Kier molecular flexibility index (Phi) is 3.80. The molecule has 0 radical (unpaired) electrons. The van der Waals surface area contributed by atoms with Crippen LogP contribution in [0.25, 0.3) is 10.1 Å². The molecule has 1 aromatic heterocycles. The molecule has 0 amide bonds. The maximum absolute atomic E-state index is 12.6. The Balaban J connectivity index is 2.39. The minimum atomic E-state index is -4.44. The molecular weight excluding hydrogens is 293 g/mol. The van der Waals surface area contributed by atoms with Crippen molar-refractivity contribution in [2.45, 2.75) is 13.1 Å². The van der Waals surface area contributed by atoms with Gasteiger partial charge in [0.1, 0.15) is 0 Å². The molecule has 106 valence electrons. The van der Waals surface area contributed by atoms with Crippen molar-refractivity contribution in [3.05, 3.63) is 34.7 Å². The molecule has 0 fully saturated rings. The van der Waals surface area contributed by atoms with E-state index < -0.39 is 23.5 Å². The highest BCUT2D eigenvalue weighted by Gasteiger charge is 2.31. The lowest BCUT2D eigenvalue weighted by atomic mass is 10.1. The fourth-order valence-corrected chi connectivity index (χ4v) is 2.60. The Morgan fingerprint density at radius 2 is 1.95 bits per heavy atom. The fraction of sp³-hybridized carbons (Fsp3) is 0.231. The van der Waals surface area contributed by atoms with Crippen LogP contribution in [-0.4, -0.2) is 18.4 Å². The summed E-state index contributed by atoms with van der Waals surface area (Å²) in [5.41, 5.74) is -0.794. The first-order valence-corrected chi connectivity index (χ1v) is 6.47. The standard InChI is InChI=1S/C13H9F3O3S/c1-2-19-12(18)11(17)10-6-7-5-8(13(14,15)16)3-4-9(7)20-10/h3-6H,2H2,1H3. The van der Waals surface area contributed by atoms with Crippen molar-refractivity contribution in [2.24, 2.45) is 0 Å². The normalized spacial score (nSPS) is 11.6. The molecule has 0 saturated carbocycles. The maximum atomic E-state index is 12.6. The number of fused-ring (bicyclic) bond motifs is 1. The number of ether oxygens (including phenoxy) is 1. The molecule has 2 rings (SSSR count). The van der Waals surface area contributed by atoms with Crippen molar-refractivity contribution in [2.75, 3.05) is 6.61 Å². The number of alkyl halides is 3. The molecule has 7 heteroatoms. The van der Waals surface area contributed by atoms with Crippen molar-refractivity contribution in [1.29, 1.82) is 0 Å². The third-order valence-corrected chi connectivity index (χ3v) is 3.64. The minimum absolute atomic E-state index is 0.0632. The smallest absolute Gasteiger partial charge is 0.416 e. The van der Waals surface area contributed by atoms with E-state index in [0.717, 1.165) is 23.5 Å². The highest BCUT2D eigenvalue weighted by atomic mass is 32.1. The van der Waals surface area contributed by atoms with Crippen molar-refractivity contribution >= 4 is 33.2 Å². The van der Waals surface area contributed by atoms with E-state index in [-0.39, 0.29) is 16.9 Å². The maximum Gasteiger partial charge on any atom is 0.416 e. The van der Waals surface area contributed by atoms with E-state index in [4.69, 9.17) is 0 Å². The number of esters is 1. The molecule has 0 aliphatic carbocycles. The van der Waals surface area contributed by atoms with Crippen LogP contribution in [0.15, 0.2) is 24.3 Å². The summed E-state index contributed by atoms with van der Waals surface area (Å²) in [7, 11) is 0. The van der Waals surface area contributed by atoms with E-state index in [2.05, 4.69) is 4.74 Å². The summed E-state index contributed by atoms with van der Waals surface area (Å²) in [4.78, 5) is 23.1. The molecule has 0 aliphatic rings. The summed E-state index contributed by atoms with van der Waals surface area (Å²) >= 11 is 0.961. The highest BCUT2D eigenvalue weighted by molar-refractivity contribution is 7.21. The van der Waals surface area contributed by atoms with Gasteiger partial charge in [0, 0.05) is 4.70 Å². The number of halogens is 3. The first kappa shape index (κ1) is 14.5. The average Bonchev–Trinajstić information content (AvgIpc) is 2.79. The van der Waals surface area contributed by atoms with Crippen molar-refractivity contribution < 1.29 is 27.5 Å². The Hall–Kier alpha value is -1.89. The predicted octanol–water partition coefficient (Wildman–Crippen LogP) is 3.67. The summed E-state index contributed by atoms with van der Waals surface area (Å²) in [6.07, 6.45) is -4.44. The number of hydrogen-bond acceptors (Lipinski definition) is 4. The number of carbonyl (C=O) groups excluding carboxylic acids is 2. The van der Waals surface area contributed by atoms with E-state index in [9.17, 15) is 22.8 Å². The Bertz CT molecular complexity index is 673. The number of thiophene rings is 1. The monoisotopic (exact) mass is 302 g/mol. The van der Waals surface area contributed by atoms with Crippen LogP contribution in [0.2, 0.25) is 0 Å². The molecule has 3 nitrogen and oxygen atoms in total. The number of hydrogen-bond donors (Lipinski definition) is 0. The molecule has 1 heterocycles. The minimum Gasteiger partial charge on any atom is -0.460 e. The lowest BCUT2D eigenvalue weighted by molar-refractivity contribution is -0.138. The number of benzene rings is 1. The summed E-state index contributed by atoms with van der Waals surface area (Å²) in [5, 5.41) is 0.275. The van der Waals surface area contributed by atoms with Crippen LogP contribution in [0.1, 0.15) is 22.2 Å². The van der Waals surface area contributed by atoms with Gasteiger partial charge in [-0.25, -0.2) is 4.79 Å². The molecular formula is C13H9F3O3S. The molecule has 0 aliphatic heterocycles. The molecule has 0 saturated heterocycles. The third kappa shape index (κ3) is 2.82. The van der Waals surface area contributed by atoms with E-state index in [1.165, 1.54) is 12.1 Å². The molecule has 0 atom stereocenters. The summed E-state index contributed by atoms with van der Waals surface area (Å²) in [5.74, 6) is -1.85. The van der Waals surface area contributed by atoms with E-state index >= 15 is 0 Å². The number of ketones is 1. The second-order valence-corrected chi connectivity index (χ2v) is 4.99. The summed E-state index contributed by atoms with van der Waals surface area (Å²) in [6.45, 7) is 1.62. The van der Waals surface area contributed by atoms with Gasteiger partial charge in [0.25, 0.3) is 5.78 Å². The van der Waals surface area contributed by atoms with Crippen LogP contribution in [0, 0.1) is 0 Å². The number of rotatable bonds is 3. The molecule has 2 aromatic rings. The van der Waals surface area contributed by atoms with Gasteiger partial charge in [-0.15, -0.1) is 11.3 Å². The Morgan fingerprint density at radius 3 is 2.55 bits per heavy atom. The number of carbonyl (C=O) groups is 2. The zero-order valence-electron chi connectivity index (χ0n) is 10.3. The van der Waals surface area contributed by atoms with Gasteiger partial charge in [-0.1, -0.05) is 0 Å². The molecule has 0 spiro atoms. The first-order valence-electron chi connectivity index (χ1n) is 5.65. The van der Waals surface area contributed by atoms with E-state index in [1.54, 1.807) is 6.92 Å². The zero-order valence-corrected chi connectivity index (χ0v) is 11.1. The predicted molar refractivity (Wildman–Crippen MR) is 67.8 cm³/mol. The van der Waals surface area contributed by atoms with Gasteiger partial charge in [-0.05, 0) is 36.6 Å². The van der Waals surface area contributed by atoms with Gasteiger partial charge >= 0.3 is 12.1 Å².